The van der Waals surface area contributed by atoms with Gasteiger partial charge in [0.15, 0.2) is 0 Å². The van der Waals surface area contributed by atoms with Crippen LogP contribution < -0.4 is 5.32 Å². The van der Waals surface area contributed by atoms with Crippen LogP contribution >= 0.6 is 0 Å². The van der Waals surface area contributed by atoms with Crippen LogP contribution in [0.15, 0.2) is 24.3 Å². The van der Waals surface area contributed by atoms with Crippen molar-refractivity contribution in [3.63, 3.8) is 0 Å². The number of rotatable bonds is 2. The van der Waals surface area contributed by atoms with E-state index in [1.54, 1.807) is 4.90 Å². The van der Waals surface area contributed by atoms with Crippen molar-refractivity contribution < 1.29 is 9.72 Å². The third-order valence-corrected chi connectivity index (χ3v) is 3.09. The lowest BCUT2D eigenvalue weighted by Gasteiger charge is -2.34. The molecule has 1 amide bonds. The molecule has 1 aliphatic rings. The van der Waals surface area contributed by atoms with Gasteiger partial charge in [0, 0.05) is 43.4 Å². The SMILES string of the molecule is C[C@@H]1CNCCN1C(=O)c1ccc([N+](=O)[O-])cc1. The summed E-state index contributed by atoms with van der Waals surface area (Å²) in [5.74, 6) is -0.0705. The molecule has 1 atom stereocenters. The summed E-state index contributed by atoms with van der Waals surface area (Å²) >= 11 is 0. The van der Waals surface area contributed by atoms with E-state index < -0.39 is 4.92 Å². The van der Waals surface area contributed by atoms with Gasteiger partial charge >= 0.3 is 0 Å². The lowest BCUT2D eigenvalue weighted by atomic mass is 10.1. The zero-order chi connectivity index (χ0) is 13.1. The Labute approximate surface area is 105 Å². The quantitative estimate of drug-likeness (QED) is 0.627. The monoisotopic (exact) mass is 249 g/mol. The molecule has 6 heteroatoms. The zero-order valence-corrected chi connectivity index (χ0v) is 10.1. The van der Waals surface area contributed by atoms with Crippen LogP contribution in [0.4, 0.5) is 5.69 Å². The number of non-ortho nitro benzene ring substituents is 1. The van der Waals surface area contributed by atoms with E-state index in [4.69, 9.17) is 0 Å². The van der Waals surface area contributed by atoms with Gasteiger partial charge in [-0.3, -0.25) is 14.9 Å². The minimum absolute atomic E-state index is 0.0000840. The van der Waals surface area contributed by atoms with Crippen LogP contribution in [0.25, 0.3) is 0 Å². The van der Waals surface area contributed by atoms with Gasteiger partial charge in [-0.2, -0.15) is 0 Å². The summed E-state index contributed by atoms with van der Waals surface area (Å²) < 4.78 is 0. The van der Waals surface area contributed by atoms with Crippen LogP contribution in [-0.4, -0.2) is 41.4 Å². The molecular weight excluding hydrogens is 234 g/mol. The van der Waals surface area contributed by atoms with E-state index in [2.05, 4.69) is 5.32 Å². The van der Waals surface area contributed by atoms with Gasteiger partial charge in [-0.1, -0.05) is 0 Å². The van der Waals surface area contributed by atoms with Crippen LogP contribution in [0.2, 0.25) is 0 Å². The second-order valence-electron chi connectivity index (χ2n) is 4.36. The number of piperazine rings is 1. The molecule has 96 valence electrons. The minimum Gasteiger partial charge on any atom is -0.333 e. The predicted molar refractivity (Wildman–Crippen MR) is 66.5 cm³/mol. The Morgan fingerprint density at radius 3 is 2.67 bits per heavy atom. The van der Waals surface area contributed by atoms with Crippen LogP contribution in [0.1, 0.15) is 17.3 Å². The molecule has 18 heavy (non-hydrogen) atoms. The maximum atomic E-state index is 12.2. The van der Waals surface area contributed by atoms with Crippen molar-refractivity contribution in [2.24, 2.45) is 0 Å². The third-order valence-electron chi connectivity index (χ3n) is 3.09. The van der Waals surface area contributed by atoms with E-state index in [-0.39, 0.29) is 17.6 Å². The van der Waals surface area contributed by atoms with Gasteiger partial charge in [0.1, 0.15) is 0 Å². The topological polar surface area (TPSA) is 75.5 Å². The number of carbonyl (C=O) groups is 1. The fourth-order valence-corrected chi connectivity index (χ4v) is 2.03. The molecule has 6 nitrogen and oxygen atoms in total. The fourth-order valence-electron chi connectivity index (χ4n) is 2.03. The van der Waals surface area contributed by atoms with Gasteiger partial charge in [0.05, 0.1) is 4.92 Å². The summed E-state index contributed by atoms with van der Waals surface area (Å²) in [5.41, 5.74) is 0.495. The predicted octanol–water partition coefficient (Wildman–Crippen LogP) is 1.03. The number of nitrogens with zero attached hydrogens (tertiary/aromatic N) is 2. The van der Waals surface area contributed by atoms with E-state index >= 15 is 0 Å². The largest absolute Gasteiger partial charge is 0.333 e. The highest BCUT2D eigenvalue weighted by molar-refractivity contribution is 5.94. The number of nitrogens with one attached hydrogen (secondary N) is 1. The molecule has 0 unspecified atom stereocenters. The molecule has 1 N–H and O–H groups in total. The Kier molecular flexibility index (Phi) is 3.57. The maximum absolute atomic E-state index is 12.2. The smallest absolute Gasteiger partial charge is 0.269 e. The van der Waals surface area contributed by atoms with E-state index in [9.17, 15) is 14.9 Å². The van der Waals surface area contributed by atoms with Gasteiger partial charge in [0.25, 0.3) is 11.6 Å². The number of carbonyl (C=O) groups excluding carboxylic acids is 1. The molecule has 0 saturated carbocycles. The number of hydrogen-bond acceptors (Lipinski definition) is 4. The number of benzene rings is 1. The second-order valence-corrected chi connectivity index (χ2v) is 4.36. The second kappa shape index (κ2) is 5.14. The molecule has 1 heterocycles. The fraction of sp³-hybridized carbons (Fsp3) is 0.417. The number of amides is 1. The molecule has 1 aliphatic heterocycles. The molecule has 0 bridgehead atoms. The zero-order valence-electron chi connectivity index (χ0n) is 10.1. The van der Waals surface area contributed by atoms with E-state index in [0.29, 0.717) is 12.1 Å². The third kappa shape index (κ3) is 2.48. The molecular formula is C12H15N3O3. The lowest BCUT2D eigenvalue weighted by molar-refractivity contribution is -0.384. The first kappa shape index (κ1) is 12.5. The molecule has 1 saturated heterocycles. The van der Waals surface area contributed by atoms with Crippen LogP contribution in [0.3, 0.4) is 0 Å². The van der Waals surface area contributed by atoms with E-state index in [1.807, 2.05) is 6.92 Å². The highest BCUT2D eigenvalue weighted by Gasteiger charge is 2.24. The standard InChI is InChI=1S/C12H15N3O3/c1-9-8-13-6-7-14(9)12(16)10-2-4-11(5-3-10)15(17)18/h2-5,9,13H,6-8H2,1H3/t9-/m1/s1. The highest BCUT2D eigenvalue weighted by atomic mass is 16.6. The van der Waals surface area contributed by atoms with Gasteiger partial charge in [-0.05, 0) is 19.1 Å². The number of nitro groups is 1. The lowest BCUT2D eigenvalue weighted by Crippen LogP contribution is -2.52. The van der Waals surface area contributed by atoms with Crippen molar-refractivity contribution >= 4 is 11.6 Å². The Hall–Kier alpha value is -1.95. The molecule has 1 aromatic rings. The summed E-state index contributed by atoms with van der Waals surface area (Å²) in [5, 5.41) is 13.7. The normalized spacial score (nSPS) is 19.6. The first-order chi connectivity index (χ1) is 8.59. The first-order valence-electron chi connectivity index (χ1n) is 5.85. The minimum atomic E-state index is -0.471. The van der Waals surface area contributed by atoms with Gasteiger partial charge in [-0.25, -0.2) is 0 Å². The van der Waals surface area contributed by atoms with Gasteiger partial charge in [0.2, 0.25) is 0 Å². The van der Waals surface area contributed by atoms with Gasteiger partial charge < -0.3 is 10.2 Å². The molecule has 2 rings (SSSR count). The van der Waals surface area contributed by atoms with Crippen molar-refractivity contribution in [3.8, 4) is 0 Å². The summed E-state index contributed by atoms with van der Waals surface area (Å²) in [6.45, 7) is 4.20. The summed E-state index contributed by atoms with van der Waals surface area (Å²) in [4.78, 5) is 24.1. The average molecular weight is 249 g/mol. The Morgan fingerprint density at radius 2 is 2.11 bits per heavy atom. The molecule has 1 aromatic carbocycles. The van der Waals surface area contributed by atoms with Crippen molar-refractivity contribution in [1.82, 2.24) is 10.2 Å². The van der Waals surface area contributed by atoms with E-state index in [1.165, 1.54) is 24.3 Å². The molecule has 1 fully saturated rings. The number of nitro benzene ring substituents is 1. The maximum Gasteiger partial charge on any atom is 0.269 e. The first-order valence-corrected chi connectivity index (χ1v) is 5.85. The van der Waals surface area contributed by atoms with Crippen molar-refractivity contribution in [2.45, 2.75) is 13.0 Å². The van der Waals surface area contributed by atoms with E-state index in [0.717, 1.165) is 13.1 Å². The summed E-state index contributed by atoms with van der Waals surface area (Å²) in [6, 6.07) is 5.88. The van der Waals surface area contributed by atoms with Crippen molar-refractivity contribution in [1.29, 1.82) is 0 Å². The summed E-state index contributed by atoms with van der Waals surface area (Å²) in [6.07, 6.45) is 0. The highest BCUT2D eigenvalue weighted by Crippen LogP contribution is 2.15. The van der Waals surface area contributed by atoms with Crippen molar-refractivity contribution in [3.05, 3.63) is 39.9 Å². The molecule has 0 aromatic heterocycles. The summed E-state index contributed by atoms with van der Waals surface area (Å²) in [7, 11) is 0. The number of hydrogen-bond donors (Lipinski definition) is 1. The average Bonchev–Trinajstić information content (AvgIpc) is 2.38. The Balaban J connectivity index is 2.15. The van der Waals surface area contributed by atoms with Crippen molar-refractivity contribution in [2.75, 3.05) is 19.6 Å². The van der Waals surface area contributed by atoms with Crippen LogP contribution in [-0.2, 0) is 0 Å². The van der Waals surface area contributed by atoms with Gasteiger partial charge in [-0.15, -0.1) is 0 Å². The Bertz CT molecular complexity index is 458. The Morgan fingerprint density at radius 1 is 1.44 bits per heavy atom. The van der Waals surface area contributed by atoms with Crippen LogP contribution in [0.5, 0.6) is 0 Å². The molecule has 0 radical (unpaired) electrons. The molecule has 0 aliphatic carbocycles. The van der Waals surface area contributed by atoms with Crippen LogP contribution in [0, 0.1) is 10.1 Å². The molecule has 0 spiro atoms.